The second-order valence-electron chi connectivity index (χ2n) is 5.16. The lowest BCUT2D eigenvalue weighted by atomic mass is 10.1. The summed E-state index contributed by atoms with van der Waals surface area (Å²) >= 11 is 5.96. The first kappa shape index (κ1) is 13.7. The van der Waals surface area contributed by atoms with Crippen LogP contribution in [0.2, 0.25) is 5.02 Å². The summed E-state index contributed by atoms with van der Waals surface area (Å²) in [6.07, 6.45) is 0. The Hall–Kier alpha value is -2.92. The van der Waals surface area contributed by atoms with E-state index in [-0.39, 0.29) is 16.3 Å². The van der Waals surface area contributed by atoms with Crippen molar-refractivity contribution in [3.63, 3.8) is 0 Å². The van der Waals surface area contributed by atoms with E-state index in [1.807, 2.05) is 30.3 Å². The number of aromatic nitrogens is 3. The lowest BCUT2D eigenvalue weighted by Crippen LogP contribution is -2.03. The topological polar surface area (TPSA) is 78.6 Å². The summed E-state index contributed by atoms with van der Waals surface area (Å²) in [5.41, 5.74) is 1.10. The van der Waals surface area contributed by atoms with Crippen LogP contribution in [0.4, 0.5) is 0 Å². The smallest absolute Gasteiger partial charge is 0.274 e. The summed E-state index contributed by atoms with van der Waals surface area (Å²) in [7, 11) is 0. The SMILES string of the molecule is O=c1[nH]c2cc(Cl)ccc2c(=O)c2c(-c3ccccc3)n[nH]c12. The number of benzene rings is 2. The van der Waals surface area contributed by atoms with Gasteiger partial charge in [-0.05, 0) is 18.2 Å². The van der Waals surface area contributed by atoms with Crippen molar-refractivity contribution in [1.29, 1.82) is 0 Å². The Morgan fingerprint density at radius 3 is 2.57 bits per heavy atom. The van der Waals surface area contributed by atoms with E-state index in [0.29, 0.717) is 21.6 Å². The van der Waals surface area contributed by atoms with E-state index in [4.69, 9.17) is 11.6 Å². The molecule has 2 heterocycles. The average molecular weight is 324 g/mol. The standard InChI is InChI=1S/C17H10ClN3O2/c18-10-6-7-11-12(8-10)19-17(23)15-13(16(11)22)14(20-21-15)9-4-2-1-3-5-9/h1-8H,(H,19,23)(H,20,21). The molecule has 0 fully saturated rings. The Morgan fingerprint density at radius 2 is 1.78 bits per heavy atom. The molecule has 0 saturated heterocycles. The molecule has 0 bridgehead atoms. The van der Waals surface area contributed by atoms with Crippen molar-refractivity contribution < 1.29 is 0 Å². The van der Waals surface area contributed by atoms with Gasteiger partial charge in [0.05, 0.1) is 10.9 Å². The zero-order chi connectivity index (χ0) is 16.0. The Bertz CT molecular complexity index is 1160. The van der Waals surface area contributed by atoms with Gasteiger partial charge in [0.1, 0.15) is 11.2 Å². The van der Waals surface area contributed by atoms with Crippen molar-refractivity contribution in [2.45, 2.75) is 0 Å². The first-order valence-electron chi connectivity index (χ1n) is 6.94. The van der Waals surface area contributed by atoms with Gasteiger partial charge in [-0.3, -0.25) is 14.7 Å². The van der Waals surface area contributed by atoms with Crippen molar-refractivity contribution in [3.8, 4) is 11.3 Å². The molecule has 0 aliphatic heterocycles. The lowest BCUT2D eigenvalue weighted by Gasteiger charge is -1.96. The molecule has 2 aromatic heterocycles. The van der Waals surface area contributed by atoms with Crippen LogP contribution in [-0.2, 0) is 0 Å². The minimum Gasteiger partial charge on any atom is -0.320 e. The molecule has 4 rings (SSSR count). The molecule has 0 atom stereocenters. The minimum absolute atomic E-state index is 0.154. The van der Waals surface area contributed by atoms with E-state index in [9.17, 15) is 9.59 Å². The van der Waals surface area contributed by atoms with Gasteiger partial charge in [0, 0.05) is 16.0 Å². The first-order chi connectivity index (χ1) is 11.1. The van der Waals surface area contributed by atoms with Crippen LogP contribution < -0.4 is 11.0 Å². The van der Waals surface area contributed by atoms with Crippen LogP contribution in [0, 0.1) is 0 Å². The number of nitrogens with zero attached hydrogens (tertiary/aromatic N) is 1. The average Bonchev–Trinajstić information content (AvgIpc) is 2.96. The highest BCUT2D eigenvalue weighted by Crippen LogP contribution is 2.23. The van der Waals surface area contributed by atoms with Crippen LogP contribution in [0.3, 0.4) is 0 Å². The number of hydrogen-bond acceptors (Lipinski definition) is 3. The van der Waals surface area contributed by atoms with Crippen LogP contribution in [-0.4, -0.2) is 15.2 Å². The highest BCUT2D eigenvalue weighted by molar-refractivity contribution is 6.31. The maximum atomic E-state index is 12.9. The summed E-state index contributed by atoms with van der Waals surface area (Å²) in [6.45, 7) is 0. The zero-order valence-electron chi connectivity index (χ0n) is 11.8. The van der Waals surface area contributed by atoms with Gasteiger partial charge in [-0.15, -0.1) is 0 Å². The summed E-state index contributed by atoms with van der Waals surface area (Å²) in [5.74, 6) is 0. The summed E-state index contributed by atoms with van der Waals surface area (Å²) in [4.78, 5) is 28.0. The van der Waals surface area contributed by atoms with E-state index in [0.717, 1.165) is 5.56 Å². The molecule has 6 heteroatoms. The lowest BCUT2D eigenvalue weighted by molar-refractivity contribution is 1.11. The molecular weight excluding hydrogens is 314 g/mol. The molecule has 0 aliphatic rings. The number of H-pyrrole nitrogens is 2. The van der Waals surface area contributed by atoms with E-state index in [2.05, 4.69) is 15.2 Å². The fourth-order valence-electron chi connectivity index (χ4n) is 2.67. The Morgan fingerprint density at radius 1 is 1.00 bits per heavy atom. The van der Waals surface area contributed by atoms with Gasteiger partial charge < -0.3 is 4.98 Å². The highest BCUT2D eigenvalue weighted by atomic mass is 35.5. The number of fused-ring (bicyclic) bond motifs is 2. The van der Waals surface area contributed by atoms with Crippen molar-refractivity contribution >= 4 is 33.4 Å². The second kappa shape index (κ2) is 5.07. The molecule has 0 unspecified atom stereocenters. The molecule has 0 spiro atoms. The Labute approximate surface area is 134 Å². The maximum Gasteiger partial charge on any atom is 0.274 e. The quantitative estimate of drug-likeness (QED) is 0.565. The zero-order valence-corrected chi connectivity index (χ0v) is 12.5. The van der Waals surface area contributed by atoms with E-state index >= 15 is 0 Å². The van der Waals surface area contributed by atoms with Crippen LogP contribution in [0.5, 0.6) is 0 Å². The normalized spacial score (nSPS) is 11.2. The summed E-state index contributed by atoms with van der Waals surface area (Å²) in [5, 5.41) is 7.96. The van der Waals surface area contributed by atoms with Gasteiger partial charge in [-0.2, -0.15) is 5.10 Å². The predicted molar refractivity (Wildman–Crippen MR) is 90.9 cm³/mol. The third kappa shape index (κ3) is 2.13. The number of hydrogen-bond donors (Lipinski definition) is 2. The number of aromatic amines is 2. The van der Waals surface area contributed by atoms with Crippen molar-refractivity contribution in [1.82, 2.24) is 15.2 Å². The van der Waals surface area contributed by atoms with Gasteiger partial charge in [0.25, 0.3) is 5.56 Å². The third-order valence-electron chi connectivity index (χ3n) is 3.74. The fraction of sp³-hybridized carbons (Fsp3) is 0. The predicted octanol–water partition coefficient (Wildman–Crippen LogP) is 3.09. The first-order valence-corrected chi connectivity index (χ1v) is 7.32. The fourth-order valence-corrected chi connectivity index (χ4v) is 2.84. The Balaban J connectivity index is 2.25. The van der Waals surface area contributed by atoms with E-state index in [1.54, 1.807) is 18.2 Å². The van der Waals surface area contributed by atoms with Crippen LogP contribution in [0.15, 0.2) is 58.1 Å². The molecule has 2 N–H and O–H groups in total. The molecular formula is C17H10ClN3O2. The number of rotatable bonds is 1. The molecule has 4 aromatic rings. The maximum absolute atomic E-state index is 12.9. The molecule has 5 nitrogen and oxygen atoms in total. The van der Waals surface area contributed by atoms with Crippen molar-refractivity contribution in [2.75, 3.05) is 0 Å². The van der Waals surface area contributed by atoms with E-state index < -0.39 is 5.56 Å². The molecule has 0 amide bonds. The second-order valence-corrected chi connectivity index (χ2v) is 5.60. The monoisotopic (exact) mass is 323 g/mol. The van der Waals surface area contributed by atoms with Gasteiger partial charge in [-0.25, -0.2) is 0 Å². The van der Waals surface area contributed by atoms with Gasteiger partial charge in [-0.1, -0.05) is 41.9 Å². The summed E-state index contributed by atoms with van der Waals surface area (Å²) in [6, 6.07) is 14.1. The van der Waals surface area contributed by atoms with Gasteiger partial charge in [0.2, 0.25) is 0 Å². The minimum atomic E-state index is -0.413. The number of halogens is 1. The van der Waals surface area contributed by atoms with Crippen molar-refractivity contribution in [2.24, 2.45) is 0 Å². The third-order valence-corrected chi connectivity index (χ3v) is 3.98. The van der Waals surface area contributed by atoms with Crippen molar-refractivity contribution in [3.05, 3.63) is 74.1 Å². The highest BCUT2D eigenvalue weighted by Gasteiger charge is 2.15. The molecule has 0 aliphatic carbocycles. The van der Waals surface area contributed by atoms with Crippen LogP contribution in [0.25, 0.3) is 33.1 Å². The van der Waals surface area contributed by atoms with Gasteiger partial charge >= 0.3 is 0 Å². The van der Waals surface area contributed by atoms with Gasteiger partial charge in [0.15, 0.2) is 5.43 Å². The molecule has 0 radical (unpaired) electrons. The number of nitrogens with one attached hydrogen (secondary N) is 2. The molecule has 2 aromatic carbocycles. The summed E-state index contributed by atoms with van der Waals surface area (Å²) < 4.78 is 0. The molecule has 0 saturated carbocycles. The largest absolute Gasteiger partial charge is 0.320 e. The molecule has 23 heavy (non-hydrogen) atoms. The molecule has 112 valence electrons. The van der Waals surface area contributed by atoms with Crippen LogP contribution >= 0.6 is 11.6 Å². The Kier molecular flexibility index (Phi) is 3.02. The van der Waals surface area contributed by atoms with Crippen LogP contribution in [0.1, 0.15) is 0 Å². The van der Waals surface area contributed by atoms with E-state index in [1.165, 1.54) is 0 Å².